The molecule has 4 aliphatic heterocycles. The van der Waals surface area contributed by atoms with Crippen LogP contribution in [-0.4, -0.2) is 74.6 Å². The van der Waals surface area contributed by atoms with Crippen LogP contribution in [0.3, 0.4) is 0 Å². The SMILES string of the molecule is C#CC1=NC(C(C)(C)C)=CC1.C#CC1=NCC=C1C(C)(C)C.C#Cc1ncc(C(C)(C)C)[nH]1.C=CC1=NC(C(C)(C)C)=CC1.C=Cc1cc(C(C)(C)C)on1.C=Cc1cc(C(C)(C)C)sn1.C=Cc1nc(C(C)(C)C)cs1.C=Cc1ncc(C(C)(C)C)o1.C=Cc1ncc(C(C)(C)C)s1.C=Cc1nscc1C(C)(C)C.CC(C)(C)C1CC=CC(=O)O1. The molecule has 0 spiro atoms. The molecule has 0 saturated heterocycles. The standard InChI is InChI=1S/C10H13N.C10H15N.C10H13N.C9H12N2.2C9H13NO.4C9H13NS.C9H14O2/c1-5-9-8(6-7-11-9)10(2,3)4;2*1-5-8-6-7-9(11-8)10(2,3)4;2*1-5-8-10-6-7(11-8)9(2,3)4;1-5-7-6-8(11-10-7)9(2,3)4;1-5-8-10-7(6-11-8)9(2,3)4;1-5-8-10-6-7(11-8)9(2,3)4;1-5-8-7(6-11-10-8)9(2,3)4;1-5-7-6-8(11-10-7)9(2,3)4;1-9(2,3)7-5-4-6-8(10)11-7/h1,6H,7H2,2-4H3;5,7H,1,6H2,2-4H3;1,7H,6H2,2-4H3;1,6H,2-4H3,(H,10,11);6*5-6H,1H2,2-4H3;4,6-7H,5H2,1-3H3. The third-order valence-electron chi connectivity index (χ3n) is 17.4. The van der Waals surface area contributed by atoms with Crippen LogP contribution in [0.1, 0.15) is 325 Å². The van der Waals surface area contributed by atoms with Gasteiger partial charge in [-0.15, -0.1) is 41.9 Å². The van der Waals surface area contributed by atoms with E-state index < -0.39 is 0 Å². The van der Waals surface area contributed by atoms with E-state index in [4.69, 9.17) is 32.9 Å². The lowest BCUT2D eigenvalue weighted by Crippen LogP contribution is -2.32. The van der Waals surface area contributed by atoms with Gasteiger partial charge in [0.1, 0.15) is 39.0 Å². The van der Waals surface area contributed by atoms with E-state index in [2.05, 4.69) is 381 Å². The van der Waals surface area contributed by atoms with E-state index in [0.717, 1.165) is 98.6 Å². The molecule has 656 valence electrons. The number of hydrogen-bond acceptors (Lipinski definition) is 18. The van der Waals surface area contributed by atoms with Crippen LogP contribution >= 0.6 is 45.7 Å². The van der Waals surface area contributed by atoms with Gasteiger partial charge in [-0.2, -0.15) is 8.75 Å². The van der Waals surface area contributed by atoms with E-state index in [0.29, 0.717) is 11.7 Å². The zero-order chi connectivity index (χ0) is 93.3. The molecule has 11 heterocycles. The molecule has 0 fully saturated rings. The number of imidazole rings is 1. The molecule has 7 aromatic rings. The number of thiazole rings is 2. The summed E-state index contributed by atoms with van der Waals surface area (Å²) < 4.78 is 24.0. The summed E-state index contributed by atoms with van der Waals surface area (Å²) in [6.45, 7) is 97.0. The first-order valence-electron chi connectivity index (χ1n) is 40.7. The summed E-state index contributed by atoms with van der Waals surface area (Å²) in [5, 5.41) is 10.0. The van der Waals surface area contributed by atoms with Gasteiger partial charge < -0.3 is 18.7 Å². The Labute approximate surface area is 747 Å². The minimum Gasteiger partial charge on any atom is -0.458 e. The highest BCUT2D eigenvalue weighted by Gasteiger charge is 2.30. The van der Waals surface area contributed by atoms with Crippen LogP contribution in [-0.2, 0) is 47.4 Å². The molecule has 0 aliphatic carbocycles. The van der Waals surface area contributed by atoms with E-state index in [9.17, 15) is 4.79 Å². The highest BCUT2D eigenvalue weighted by atomic mass is 32.1. The molecular formula is C102H145N11O4S4. The number of oxazole rings is 1. The molecule has 19 heteroatoms. The lowest BCUT2D eigenvalue weighted by atomic mass is 9.84. The molecule has 0 bridgehead atoms. The highest BCUT2D eigenvalue weighted by molar-refractivity contribution is 7.12. The van der Waals surface area contributed by atoms with Crippen LogP contribution < -0.4 is 0 Å². The van der Waals surface area contributed by atoms with Gasteiger partial charge in [-0.05, 0) is 116 Å². The van der Waals surface area contributed by atoms with Crippen molar-refractivity contribution in [2.75, 3.05) is 6.54 Å². The molecular weight excluding hydrogens is 1570 g/mol. The van der Waals surface area contributed by atoms with E-state index in [-0.39, 0.29) is 71.6 Å². The van der Waals surface area contributed by atoms with Crippen molar-refractivity contribution in [3.8, 4) is 37.0 Å². The Balaban J connectivity index is 0.000000665. The van der Waals surface area contributed by atoms with E-state index in [1.807, 2.05) is 30.5 Å². The van der Waals surface area contributed by atoms with Crippen LogP contribution in [0, 0.1) is 58.7 Å². The van der Waals surface area contributed by atoms with Crippen LogP contribution in [0.25, 0.3) is 36.5 Å². The van der Waals surface area contributed by atoms with E-state index in [1.165, 1.54) is 44.2 Å². The van der Waals surface area contributed by atoms with Crippen molar-refractivity contribution < 1.29 is 18.5 Å². The van der Waals surface area contributed by atoms with Crippen LogP contribution in [0.2, 0.25) is 0 Å². The van der Waals surface area contributed by atoms with Crippen molar-refractivity contribution in [3.63, 3.8) is 0 Å². The maximum atomic E-state index is 10.8. The number of aliphatic imine (C=N–C) groups is 3. The van der Waals surface area contributed by atoms with Crippen LogP contribution in [0.5, 0.6) is 0 Å². The van der Waals surface area contributed by atoms with Crippen molar-refractivity contribution >= 4 is 105 Å². The molecule has 121 heavy (non-hydrogen) atoms. The predicted octanol–water partition coefficient (Wildman–Crippen LogP) is 28.5. The average Bonchev–Trinajstić information content (AvgIpc) is 1.23. The fourth-order valence-electron chi connectivity index (χ4n) is 9.68. The fraction of sp³-hybridized carbons (Fsp3) is 0.480. The lowest BCUT2D eigenvalue weighted by molar-refractivity contribution is -0.149. The van der Waals surface area contributed by atoms with E-state index >= 15 is 0 Å². The number of aromatic nitrogens is 8. The summed E-state index contributed by atoms with van der Waals surface area (Å²) >= 11 is 6.41. The lowest BCUT2D eigenvalue weighted by Gasteiger charge is -2.30. The topological polar surface area (TPSA) is 196 Å². The van der Waals surface area contributed by atoms with Crippen molar-refractivity contribution in [1.82, 2.24) is 38.8 Å². The third kappa shape index (κ3) is 40.8. The number of nitrogens with zero attached hydrogens (tertiary/aromatic N) is 10. The van der Waals surface area contributed by atoms with Crippen molar-refractivity contribution in [3.05, 3.63) is 218 Å². The number of H-pyrrole nitrogens is 1. The molecule has 15 nitrogen and oxygen atoms in total. The Hall–Kier alpha value is -9.55. The molecule has 1 atom stereocenters. The zero-order valence-electron chi connectivity index (χ0n) is 79.8. The Morgan fingerprint density at radius 2 is 1.10 bits per heavy atom. The second-order valence-electron chi connectivity index (χ2n) is 40.0. The minimum atomic E-state index is -0.212. The normalized spacial score (nSPS) is 14.3. The monoisotopic (exact) mass is 1720 g/mol. The summed E-state index contributed by atoms with van der Waals surface area (Å²) in [5.74, 6) is 10.4. The molecule has 11 rings (SSSR count). The van der Waals surface area contributed by atoms with Crippen LogP contribution in [0.4, 0.5) is 0 Å². The molecule has 0 radical (unpaired) electrons. The number of allylic oxidation sites excluding steroid dienone is 6. The second-order valence-corrected chi connectivity index (χ2v) is 43.4. The molecule has 0 aromatic carbocycles. The van der Waals surface area contributed by atoms with Gasteiger partial charge in [0, 0.05) is 120 Å². The third-order valence-corrected chi connectivity index (χ3v) is 21.6. The number of hydrogen-bond donors (Lipinski definition) is 1. The first kappa shape index (κ1) is 109. The number of carbonyl (C=O) groups is 1. The minimum absolute atomic E-state index is 0.0360. The Morgan fingerprint density at radius 3 is 1.40 bits per heavy atom. The number of nitrogens with one attached hydrogen (secondary N) is 1. The van der Waals surface area contributed by atoms with Gasteiger partial charge >= 0.3 is 5.97 Å². The van der Waals surface area contributed by atoms with Gasteiger partial charge in [0.15, 0.2) is 5.82 Å². The number of carbonyl (C=O) groups excluding carboxylic acids is 1. The number of rotatable bonds is 7. The first-order valence-corrected chi connectivity index (χ1v) is 44.0. The van der Waals surface area contributed by atoms with Gasteiger partial charge in [0.2, 0.25) is 5.89 Å². The van der Waals surface area contributed by atoms with Crippen LogP contribution in [0.15, 0.2) is 165 Å². The summed E-state index contributed by atoms with van der Waals surface area (Å²) in [4.78, 5) is 46.1. The number of terminal acetylenes is 3. The predicted molar refractivity (Wildman–Crippen MR) is 529 cm³/mol. The van der Waals surface area contributed by atoms with Gasteiger partial charge in [-0.1, -0.05) is 316 Å². The Bertz CT molecular complexity index is 4540. The van der Waals surface area contributed by atoms with Crippen molar-refractivity contribution in [2.45, 2.75) is 292 Å². The fourth-order valence-corrected chi connectivity index (χ4v) is 13.1. The smallest absolute Gasteiger partial charge is 0.330 e. The molecule has 1 N–H and O–H groups in total. The Kier molecular flexibility index (Phi) is 43.2. The highest BCUT2D eigenvalue weighted by Crippen LogP contribution is 2.35. The molecule has 0 saturated carbocycles. The summed E-state index contributed by atoms with van der Waals surface area (Å²) in [5.41, 5.74) is 14.1. The van der Waals surface area contributed by atoms with Crippen molar-refractivity contribution in [1.29, 1.82) is 0 Å². The summed E-state index contributed by atoms with van der Waals surface area (Å²) in [6, 6.07) is 4.00. The van der Waals surface area contributed by atoms with Gasteiger partial charge in [0.25, 0.3) is 0 Å². The molecule has 7 aromatic heterocycles. The molecule has 4 aliphatic rings. The summed E-state index contributed by atoms with van der Waals surface area (Å²) in [6.07, 6.45) is 45.9. The van der Waals surface area contributed by atoms with Gasteiger partial charge in [0.05, 0.1) is 35.5 Å². The quantitative estimate of drug-likeness (QED) is 0.118. The molecule has 0 amide bonds. The van der Waals surface area contributed by atoms with Gasteiger partial charge in [-0.3, -0.25) is 9.98 Å². The maximum Gasteiger partial charge on any atom is 0.330 e. The number of ether oxygens (including phenoxy) is 1. The second kappa shape index (κ2) is 47.8. The number of aromatic amines is 1. The van der Waals surface area contributed by atoms with Crippen molar-refractivity contribution in [2.24, 2.45) is 36.6 Å². The maximum absolute atomic E-state index is 10.8. The average molecular weight is 1720 g/mol. The largest absolute Gasteiger partial charge is 0.458 e. The Morgan fingerprint density at radius 1 is 0.521 bits per heavy atom. The van der Waals surface area contributed by atoms with Gasteiger partial charge in [-0.25, -0.2) is 29.7 Å². The molecule has 1 unspecified atom stereocenters. The first-order chi connectivity index (χ1) is 55.4. The van der Waals surface area contributed by atoms with E-state index in [1.54, 1.807) is 77.0 Å². The number of cyclic esters (lactones) is 1. The number of esters is 1. The summed E-state index contributed by atoms with van der Waals surface area (Å²) in [7, 11) is 0. The zero-order valence-corrected chi connectivity index (χ0v) is 83.1.